The van der Waals surface area contributed by atoms with E-state index in [2.05, 4.69) is 4.98 Å². The first-order valence-electron chi connectivity index (χ1n) is 6.03. The lowest BCUT2D eigenvalue weighted by Crippen LogP contribution is -2.09. The molecule has 1 amide bonds. The number of aromatic nitrogens is 1. The third-order valence-electron chi connectivity index (χ3n) is 3.02. The number of thiazole rings is 1. The lowest BCUT2D eigenvalue weighted by Gasteiger charge is -2.05. The zero-order chi connectivity index (χ0) is 14.1. The van der Waals surface area contributed by atoms with Gasteiger partial charge in [0, 0.05) is 5.56 Å². The van der Waals surface area contributed by atoms with Crippen molar-refractivity contribution in [3.8, 4) is 16.9 Å². The smallest absolute Gasteiger partial charge is 0.277 e. The molecule has 3 rings (SSSR count). The number of carbonyl (C=O) groups is 1. The molecule has 0 radical (unpaired) electrons. The molecule has 0 saturated heterocycles. The second kappa shape index (κ2) is 4.94. The Hall–Kier alpha value is -2.40. The van der Waals surface area contributed by atoms with Crippen LogP contribution in [0.25, 0.3) is 21.3 Å². The predicted molar refractivity (Wildman–Crippen MR) is 80.1 cm³/mol. The first kappa shape index (κ1) is 12.6. The molecule has 100 valence electrons. The molecule has 1 aromatic heterocycles. The van der Waals surface area contributed by atoms with Crippen LogP contribution < -0.4 is 10.5 Å². The third-order valence-corrected chi connectivity index (χ3v) is 4.13. The Morgan fingerprint density at radius 1 is 1.20 bits per heavy atom. The quantitative estimate of drug-likeness (QED) is 0.803. The summed E-state index contributed by atoms with van der Waals surface area (Å²) in [6.45, 7) is 0. The molecule has 5 heteroatoms. The minimum Gasteiger partial charge on any atom is -0.494 e. The lowest BCUT2D eigenvalue weighted by atomic mass is 10.1. The van der Waals surface area contributed by atoms with E-state index in [-0.39, 0.29) is 0 Å². The maximum Gasteiger partial charge on any atom is 0.277 e. The first-order valence-corrected chi connectivity index (χ1v) is 6.85. The number of nitrogens with two attached hydrogens (primary N) is 1. The van der Waals surface area contributed by atoms with E-state index >= 15 is 0 Å². The summed E-state index contributed by atoms with van der Waals surface area (Å²) in [6.07, 6.45) is 0. The van der Waals surface area contributed by atoms with Crippen molar-refractivity contribution in [1.82, 2.24) is 4.98 Å². The SMILES string of the molecule is COc1ccc(-c2ccccc2)c2sc(C(N)=O)nc12. The Morgan fingerprint density at radius 3 is 2.60 bits per heavy atom. The van der Waals surface area contributed by atoms with Crippen LogP contribution in [-0.2, 0) is 0 Å². The molecule has 3 aromatic rings. The number of nitrogens with zero attached hydrogens (tertiary/aromatic N) is 1. The maximum absolute atomic E-state index is 11.3. The highest BCUT2D eigenvalue weighted by Crippen LogP contribution is 2.37. The molecule has 0 aliphatic carbocycles. The summed E-state index contributed by atoms with van der Waals surface area (Å²) >= 11 is 1.29. The van der Waals surface area contributed by atoms with Gasteiger partial charge in [0.15, 0.2) is 5.01 Å². The Labute approximate surface area is 119 Å². The number of ether oxygens (including phenoxy) is 1. The van der Waals surface area contributed by atoms with Crippen molar-refractivity contribution in [2.24, 2.45) is 5.73 Å². The minimum absolute atomic E-state index is 0.293. The highest BCUT2D eigenvalue weighted by molar-refractivity contribution is 7.20. The first-order chi connectivity index (χ1) is 9.70. The van der Waals surface area contributed by atoms with Crippen molar-refractivity contribution in [2.75, 3.05) is 7.11 Å². The average Bonchev–Trinajstić information content (AvgIpc) is 2.92. The molecule has 0 saturated carbocycles. The second-order valence-corrected chi connectivity index (χ2v) is 5.24. The maximum atomic E-state index is 11.3. The van der Waals surface area contributed by atoms with Crippen LogP contribution in [0.1, 0.15) is 9.80 Å². The molecule has 0 atom stereocenters. The molecule has 0 aliphatic rings. The number of methoxy groups -OCH3 is 1. The van der Waals surface area contributed by atoms with Crippen LogP contribution in [0, 0.1) is 0 Å². The van der Waals surface area contributed by atoms with Gasteiger partial charge in [0.25, 0.3) is 5.91 Å². The molecule has 2 N–H and O–H groups in total. The van der Waals surface area contributed by atoms with Gasteiger partial charge in [0.2, 0.25) is 0 Å². The highest BCUT2D eigenvalue weighted by atomic mass is 32.1. The van der Waals surface area contributed by atoms with Crippen molar-refractivity contribution in [1.29, 1.82) is 0 Å². The van der Waals surface area contributed by atoms with Crippen LogP contribution >= 0.6 is 11.3 Å². The molecule has 20 heavy (non-hydrogen) atoms. The third kappa shape index (κ3) is 2.02. The van der Waals surface area contributed by atoms with E-state index in [1.807, 2.05) is 42.5 Å². The molecule has 0 fully saturated rings. The zero-order valence-electron chi connectivity index (χ0n) is 10.8. The van der Waals surface area contributed by atoms with Crippen LogP contribution in [0.3, 0.4) is 0 Å². The Balaban J connectivity index is 2.31. The van der Waals surface area contributed by atoms with Gasteiger partial charge in [0.05, 0.1) is 11.8 Å². The average molecular weight is 284 g/mol. The van der Waals surface area contributed by atoms with E-state index in [9.17, 15) is 4.79 Å². The summed E-state index contributed by atoms with van der Waals surface area (Å²) in [4.78, 5) is 15.6. The number of hydrogen-bond acceptors (Lipinski definition) is 4. The summed E-state index contributed by atoms with van der Waals surface area (Å²) in [6, 6.07) is 13.8. The molecule has 4 nitrogen and oxygen atoms in total. The summed E-state index contributed by atoms with van der Waals surface area (Å²) in [5.74, 6) is 0.121. The normalized spacial score (nSPS) is 10.7. The molecule has 0 aliphatic heterocycles. The number of amides is 1. The summed E-state index contributed by atoms with van der Waals surface area (Å²) in [7, 11) is 1.58. The van der Waals surface area contributed by atoms with Crippen molar-refractivity contribution in [3.05, 3.63) is 47.5 Å². The fraction of sp³-hybridized carbons (Fsp3) is 0.0667. The molecule has 0 bridgehead atoms. The molecular weight excluding hydrogens is 272 g/mol. The largest absolute Gasteiger partial charge is 0.494 e. The van der Waals surface area contributed by atoms with Crippen LogP contribution in [0.4, 0.5) is 0 Å². The lowest BCUT2D eigenvalue weighted by molar-refractivity contribution is 0.1000. The summed E-state index contributed by atoms with van der Waals surface area (Å²) in [5, 5.41) is 0.293. The van der Waals surface area contributed by atoms with E-state index in [4.69, 9.17) is 10.5 Å². The van der Waals surface area contributed by atoms with Gasteiger partial charge in [0.1, 0.15) is 11.3 Å². The van der Waals surface area contributed by atoms with Gasteiger partial charge in [-0.05, 0) is 17.7 Å². The molecule has 2 aromatic carbocycles. The van der Waals surface area contributed by atoms with Crippen molar-refractivity contribution < 1.29 is 9.53 Å². The van der Waals surface area contributed by atoms with Gasteiger partial charge in [-0.3, -0.25) is 4.79 Å². The zero-order valence-corrected chi connectivity index (χ0v) is 11.6. The number of carbonyl (C=O) groups excluding carboxylic acids is 1. The van der Waals surface area contributed by atoms with E-state index in [0.717, 1.165) is 15.8 Å². The van der Waals surface area contributed by atoms with Gasteiger partial charge in [-0.2, -0.15) is 0 Å². The molecule has 1 heterocycles. The highest BCUT2D eigenvalue weighted by Gasteiger charge is 2.16. The summed E-state index contributed by atoms with van der Waals surface area (Å²) < 4.78 is 6.21. The standard InChI is InChI=1S/C15H12N2O2S/c1-19-11-8-7-10(9-5-3-2-4-6-9)13-12(11)17-15(20-13)14(16)18/h2-8H,1H3,(H2,16,18). The van der Waals surface area contributed by atoms with Gasteiger partial charge < -0.3 is 10.5 Å². The second-order valence-electron chi connectivity index (χ2n) is 4.24. The number of primary amides is 1. The van der Waals surface area contributed by atoms with Crippen LogP contribution in [0.5, 0.6) is 5.75 Å². The van der Waals surface area contributed by atoms with Gasteiger partial charge in [-0.25, -0.2) is 4.98 Å². The molecular formula is C15H12N2O2S. The van der Waals surface area contributed by atoms with E-state index in [1.54, 1.807) is 7.11 Å². The Morgan fingerprint density at radius 2 is 1.95 bits per heavy atom. The van der Waals surface area contributed by atoms with Crippen LogP contribution in [0.15, 0.2) is 42.5 Å². The van der Waals surface area contributed by atoms with Crippen LogP contribution in [0.2, 0.25) is 0 Å². The minimum atomic E-state index is -0.521. The Bertz CT molecular complexity index is 781. The summed E-state index contributed by atoms with van der Waals surface area (Å²) in [5.41, 5.74) is 8.09. The van der Waals surface area contributed by atoms with Gasteiger partial charge >= 0.3 is 0 Å². The molecule has 0 unspecified atom stereocenters. The fourth-order valence-electron chi connectivity index (χ4n) is 2.10. The van der Waals surface area contributed by atoms with Crippen LogP contribution in [-0.4, -0.2) is 18.0 Å². The van der Waals surface area contributed by atoms with E-state index < -0.39 is 5.91 Å². The monoisotopic (exact) mass is 284 g/mol. The van der Waals surface area contributed by atoms with Crippen molar-refractivity contribution >= 4 is 27.5 Å². The number of fused-ring (bicyclic) bond motifs is 1. The van der Waals surface area contributed by atoms with E-state index in [0.29, 0.717) is 16.3 Å². The predicted octanol–water partition coefficient (Wildman–Crippen LogP) is 3.07. The number of benzene rings is 2. The number of rotatable bonds is 3. The fourth-order valence-corrected chi connectivity index (χ4v) is 3.07. The number of hydrogen-bond donors (Lipinski definition) is 1. The Kier molecular flexibility index (Phi) is 3.12. The van der Waals surface area contributed by atoms with Crippen molar-refractivity contribution in [2.45, 2.75) is 0 Å². The van der Waals surface area contributed by atoms with E-state index in [1.165, 1.54) is 11.3 Å². The van der Waals surface area contributed by atoms with Gasteiger partial charge in [-0.1, -0.05) is 30.3 Å². The molecule has 0 spiro atoms. The van der Waals surface area contributed by atoms with Gasteiger partial charge in [-0.15, -0.1) is 11.3 Å². The van der Waals surface area contributed by atoms with Crippen molar-refractivity contribution in [3.63, 3.8) is 0 Å². The topological polar surface area (TPSA) is 65.2 Å².